The third kappa shape index (κ3) is 3.12. The molecular formula is C13H10N4O. The number of rotatable bonds is 4. The minimum Gasteiger partial charge on any atom is -0.390 e. The summed E-state index contributed by atoms with van der Waals surface area (Å²) < 4.78 is 0. The van der Waals surface area contributed by atoms with Crippen LogP contribution in [0.4, 0.5) is 0 Å². The Balaban J connectivity index is 2.02. The molecular weight excluding hydrogens is 228 g/mol. The van der Waals surface area contributed by atoms with Crippen LogP contribution in [-0.2, 0) is 11.4 Å². The molecule has 0 bridgehead atoms. The van der Waals surface area contributed by atoms with Gasteiger partial charge in [-0.2, -0.15) is 5.26 Å². The molecule has 2 aromatic rings. The highest BCUT2D eigenvalue weighted by Gasteiger charge is 2.04. The predicted octanol–water partition coefficient (Wildman–Crippen LogP) is 1.92. The molecule has 18 heavy (non-hydrogen) atoms. The first-order chi connectivity index (χ1) is 8.90. The number of aromatic nitrogens is 2. The third-order valence-corrected chi connectivity index (χ3v) is 2.14. The van der Waals surface area contributed by atoms with Gasteiger partial charge in [0.2, 0.25) is 5.71 Å². The van der Waals surface area contributed by atoms with Crippen molar-refractivity contribution >= 4 is 5.71 Å². The number of benzene rings is 1. The molecule has 0 fully saturated rings. The van der Waals surface area contributed by atoms with Crippen LogP contribution in [0.3, 0.4) is 0 Å². The molecule has 2 rings (SSSR count). The summed E-state index contributed by atoms with van der Waals surface area (Å²) in [4.78, 5) is 13.0. The molecule has 1 aromatic carbocycles. The van der Waals surface area contributed by atoms with Crippen molar-refractivity contribution in [1.29, 1.82) is 5.26 Å². The summed E-state index contributed by atoms with van der Waals surface area (Å²) in [5.41, 5.74) is 1.49. The van der Waals surface area contributed by atoms with Crippen LogP contribution in [0.15, 0.2) is 54.1 Å². The van der Waals surface area contributed by atoms with Gasteiger partial charge in [-0.3, -0.25) is 9.97 Å². The van der Waals surface area contributed by atoms with Crippen molar-refractivity contribution in [1.82, 2.24) is 9.97 Å². The van der Waals surface area contributed by atoms with E-state index in [9.17, 15) is 0 Å². The zero-order valence-corrected chi connectivity index (χ0v) is 9.52. The molecule has 0 saturated heterocycles. The first kappa shape index (κ1) is 11.7. The van der Waals surface area contributed by atoms with E-state index in [1.807, 2.05) is 36.4 Å². The minimum absolute atomic E-state index is 0.110. The lowest BCUT2D eigenvalue weighted by molar-refractivity contribution is 0.131. The van der Waals surface area contributed by atoms with Crippen LogP contribution in [0.25, 0.3) is 0 Å². The summed E-state index contributed by atoms with van der Waals surface area (Å²) in [6.07, 6.45) is 4.50. The molecule has 0 saturated carbocycles. The van der Waals surface area contributed by atoms with E-state index in [1.54, 1.807) is 0 Å². The Morgan fingerprint density at radius 1 is 1.28 bits per heavy atom. The van der Waals surface area contributed by atoms with Gasteiger partial charge in [-0.15, -0.1) is 0 Å². The van der Waals surface area contributed by atoms with Gasteiger partial charge >= 0.3 is 0 Å². The van der Waals surface area contributed by atoms with Gasteiger partial charge in [0.25, 0.3) is 0 Å². The van der Waals surface area contributed by atoms with E-state index in [-0.39, 0.29) is 5.71 Å². The fraction of sp³-hybridized carbons (Fsp3) is 0.0769. The Bertz CT molecular complexity index is 561. The second-order valence-corrected chi connectivity index (χ2v) is 3.40. The second kappa shape index (κ2) is 6.11. The average Bonchev–Trinajstić information content (AvgIpc) is 2.46. The van der Waals surface area contributed by atoms with Gasteiger partial charge in [0.05, 0.1) is 6.20 Å². The topological polar surface area (TPSA) is 71.2 Å². The molecule has 1 heterocycles. The summed E-state index contributed by atoms with van der Waals surface area (Å²) >= 11 is 0. The fourth-order valence-electron chi connectivity index (χ4n) is 1.29. The number of oxime groups is 1. The van der Waals surface area contributed by atoms with E-state index in [2.05, 4.69) is 15.1 Å². The van der Waals surface area contributed by atoms with Crippen molar-refractivity contribution in [2.45, 2.75) is 6.61 Å². The monoisotopic (exact) mass is 238 g/mol. The maximum atomic E-state index is 8.95. The highest BCUT2D eigenvalue weighted by molar-refractivity contribution is 6.09. The van der Waals surface area contributed by atoms with Gasteiger partial charge in [-0.1, -0.05) is 35.5 Å². The van der Waals surface area contributed by atoms with E-state index in [1.165, 1.54) is 18.6 Å². The number of hydrogen-bond donors (Lipinski definition) is 0. The number of nitriles is 1. The Hall–Kier alpha value is -2.74. The molecule has 5 heteroatoms. The SMILES string of the molecule is N#CC(=NOCc1ccccc1)c1cnccn1. The standard InChI is InChI=1S/C13H10N4O/c14-8-12(13-9-15-6-7-16-13)17-18-10-11-4-2-1-3-5-11/h1-7,9H,10H2. The van der Waals surface area contributed by atoms with Crippen LogP contribution < -0.4 is 0 Å². The second-order valence-electron chi connectivity index (χ2n) is 3.40. The highest BCUT2D eigenvalue weighted by atomic mass is 16.6. The summed E-state index contributed by atoms with van der Waals surface area (Å²) in [5, 5.41) is 12.7. The smallest absolute Gasteiger partial charge is 0.206 e. The molecule has 0 spiro atoms. The highest BCUT2D eigenvalue weighted by Crippen LogP contribution is 2.02. The van der Waals surface area contributed by atoms with E-state index in [0.29, 0.717) is 12.3 Å². The number of nitrogens with zero attached hydrogens (tertiary/aromatic N) is 4. The molecule has 0 unspecified atom stereocenters. The zero-order valence-electron chi connectivity index (χ0n) is 9.52. The predicted molar refractivity (Wildman–Crippen MR) is 65.4 cm³/mol. The lowest BCUT2D eigenvalue weighted by Crippen LogP contribution is -2.02. The Labute approximate surface area is 104 Å². The molecule has 0 aliphatic heterocycles. The van der Waals surface area contributed by atoms with Crippen molar-refractivity contribution < 1.29 is 4.84 Å². The average molecular weight is 238 g/mol. The van der Waals surface area contributed by atoms with Gasteiger partial charge in [0.15, 0.2) is 0 Å². The van der Waals surface area contributed by atoms with Crippen LogP contribution in [0, 0.1) is 11.3 Å². The Morgan fingerprint density at radius 2 is 2.11 bits per heavy atom. The van der Waals surface area contributed by atoms with Gasteiger partial charge in [0, 0.05) is 12.4 Å². The first-order valence-corrected chi connectivity index (χ1v) is 5.30. The van der Waals surface area contributed by atoms with Gasteiger partial charge in [0.1, 0.15) is 18.4 Å². The van der Waals surface area contributed by atoms with Gasteiger partial charge < -0.3 is 4.84 Å². The van der Waals surface area contributed by atoms with Crippen molar-refractivity contribution in [3.05, 3.63) is 60.2 Å². The van der Waals surface area contributed by atoms with Crippen molar-refractivity contribution in [3.63, 3.8) is 0 Å². The molecule has 1 aromatic heterocycles. The van der Waals surface area contributed by atoms with Gasteiger partial charge in [-0.05, 0) is 5.56 Å². The maximum absolute atomic E-state index is 8.95. The summed E-state index contributed by atoms with van der Waals surface area (Å²) in [5.74, 6) is 0. The largest absolute Gasteiger partial charge is 0.390 e. The molecule has 88 valence electrons. The molecule has 0 atom stereocenters. The summed E-state index contributed by atoms with van der Waals surface area (Å²) in [6.45, 7) is 0.312. The lowest BCUT2D eigenvalue weighted by Gasteiger charge is -2.00. The van der Waals surface area contributed by atoms with E-state index in [0.717, 1.165) is 5.56 Å². The van der Waals surface area contributed by atoms with Crippen molar-refractivity contribution in [3.8, 4) is 6.07 Å². The number of hydrogen-bond acceptors (Lipinski definition) is 5. The van der Waals surface area contributed by atoms with E-state index >= 15 is 0 Å². The van der Waals surface area contributed by atoms with Crippen LogP contribution in [0.5, 0.6) is 0 Å². The quantitative estimate of drug-likeness (QED) is 0.602. The lowest BCUT2D eigenvalue weighted by atomic mass is 10.2. The molecule has 0 aliphatic rings. The normalized spacial score (nSPS) is 10.7. The summed E-state index contributed by atoms with van der Waals surface area (Å²) in [6, 6.07) is 11.5. The maximum Gasteiger partial charge on any atom is 0.206 e. The fourth-order valence-corrected chi connectivity index (χ4v) is 1.29. The molecule has 0 aliphatic carbocycles. The Kier molecular flexibility index (Phi) is 3.98. The zero-order chi connectivity index (χ0) is 12.6. The van der Waals surface area contributed by atoms with Crippen LogP contribution >= 0.6 is 0 Å². The van der Waals surface area contributed by atoms with Crippen molar-refractivity contribution in [2.75, 3.05) is 0 Å². The molecule has 5 nitrogen and oxygen atoms in total. The summed E-state index contributed by atoms with van der Waals surface area (Å²) in [7, 11) is 0. The third-order valence-electron chi connectivity index (χ3n) is 2.14. The van der Waals surface area contributed by atoms with Crippen molar-refractivity contribution in [2.24, 2.45) is 5.16 Å². The minimum atomic E-state index is 0.110. The molecule has 0 radical (unpaired) electrons. The van der Waals surface area contributed by atoms with E-state index in [4.69, 9.17) is 10.1 Å². The van der Waals surface area contributed by atoms with Crippen LogP contribution in [0.2, 0.25) is 0 Å². The van der Waals surface area contributed by atoms with E-state index < -0.39 is 0 Å². The molecule has 0 amide bonds. The van der Waals surface area contributed by atoms with Crippen LogP contribution in [0.1, 0.15) is 11.3 Å². The van der Waals surface area contributed by atoms with Crippen LogP contribution in [-0.4, -0.2) is 15.7 Å². The Morgan fingerprint density at radius 3 is 2.78 bits per heavy atom. The molecule has 0 N–H and O–H groups in total. The first-order valence-electron chi connectivity index (χ1n) is 5.30. The van der Waals surface area contributed by atoms with Gasteiger partial charge in [-0.25, -0.2) is 0 Å².